The lowest BCUT2D eigenvalue weighted by Gasteiger charge is -2.36. The molecule has 5 heterocycles. The molecule has 2 aliphatic heterocycles. The van der Waals surface area contributed by atoms with E-state index in [1.807, 2.05) is 12.3 Å². The van der Waals surface area contributed by atoms with Crippen molar-refractivity contribution in [3.8, 4) is 11.3 Å². The van der Waals surface area contributed by atoms with E-state index in [1.54, 1.807) is 41.8 Å². The van der Waals surface area contributed by atoms with E-state index in [0.29, 0.717) is 23.5 Å². The minimum atomic E-state index is -3.82. The van der Waals surface area contributed by atoms with Crippen LogP contribution in [0.25, 0.3) is 22.3 Å². The summed E-state index contributed by atoms with van der Waals surface area (Å²) in [4.78, 5) is 15.2. The highest BCUT2D eigenvalue weighted by Gasteiger charge is 2.30. The van der Waals surface area contributed by atoms with Gasteiger partial charge in [-0.2, -0.15) is 0 Å². The first-order valence-corrected chi connectivity index (χ1v) is 18.1. The van der Waals surface area contributed by atoms with Gasteiger partial charge in [-0.1, -0.05) is 18.2 Å². The van der Waals surface area contributed by atoms with Gasteiger partial charge in [0, 0.05) is 60.4 Å². The van der Waals surface area contributed by atoms with Gasteiger partial charge in [-0.3, -0.25) is 4.90 Å². The number of thiazole rings is 1. The monoisotopic (exact) mass is 619 g/mol. The molecule has 1 aromatic carbocycles. The first kappa shape index (κ1) is 29.1. The topological polar surface area (TPSA) is 80.6 Å². The molecule has 2 saturated heterocycles. The lowest BCUT2D eigenvalue weighted by atomic mass is 9.81. The second kappa shape index (κ2) is 12.4. The number of aromatic nitrogens is 3. The lowest BCUT2D eigenvalue weighted by molar-refractivity contribution is 0.118. The van der Waals surface area contributed by atoms with Gasteiger partial charge in [0.1, 0.15) is 0 Å². The van der Waals surface area contributed by atoms with Crippen molar-refractivity contribution in [2.24, 2.45) is 0 Å². The summed E-state index contributed by atoms with van der Waals surface area (Å²) in [6.07, 6.45) is 11.6. The average Bonchev–Trinajstić information content (AvgIpc) is 3.58. The number of hydrogen-bond donors (Lipinski definition) is 0. The second-order valence-corrected chi connectivity index (χ2v) is 15.2. The number of likely N-dealkylation sites (tertiary alicyclic amines) is 1. The van der Waals surface area contributed by atoms with E-state index in [0.717, 1.165) is 93.1 Å². The zero-order valence-corrected chi connectivity index (χ0v) is 26.5. The van der Waals surface area contributed by atoms with Crippen LogP contribution in [-0.2, 0) is 14.8 Å². The normalized spacial score (nSPS) is 23.5. The minimum Gasteiger partial charge on any atom is -0.380 e. The Kier molecular flexibility index (Phi) is 8.39. The molecular formula is C33H41N5O3S2. The lowest BCUT2D eigenvalue weighted by Crippen LogP contribution is -2.39. The molecule has 3 aliphatic rings. The molecule has 8 nitrogen and oxygen atoms in total. The summed E-state index contributed by atoms with van der Waals surface area (Å²) >= 11 is 1.70. The highest BCUT2D eigenvalue weighted by molar-refractivity contribution is 7.90. The molecule has 4 aromatic rings. The van der Waals surface area contributed by atoms with E-state index in [2.05, 4.69) is 28.3 Å². The van der Waals surface area contributed by atoms with Crippen molar-refractivity contribution in [3.63, 3.8) is 0 Å². The van der Waals surface area contributed by atoms with Crippen LogP contribution in [0, 0.1) is 0 Å². The zero-order chi connectivity index (χ0) is 29.4. The predicted molar refractivity (Wildman–Crippen MR) is 171 cm³/mol. The summed E-state index contributed by atoms with van der Waals surface area (Å²) in [5.74, 6) is 0.875. The minimum absolute atomic E-state index is 0.256. The smallest absolute Gasteiger partial charge is 0.269 e. The number of nitrogens with zero attached hydrogens (tertiary/aromatic N) is 5. The Bertz CT molecular complexity index is 1640. The van der Waals surface area contributed by atoms with Gasteiger partial charge in [-0.05, 0) is 94.8 Å². The van der Waals surface area contributed by atoms with E-state index in [9.17, 15) is 8.42 Å². The maximum absolute atomic E-state index is 13.9. The van der Waals surface area contributed by atoms with Crippen molar-refractivity contribution in [3.05, 3.63) is 64.7 Å². The molecule has 43 heavy (non-hydrogen) atoms. The maximum atomic E-state index is 13.9. The summed E-state index contributed by atoms with van der Waals surface area (Å²) < 4.78 is 34.8. The first-order valence-electron chi connectivity index (χ1n) is 15.7. The van der Waals surface area contributed by atoms with Gasteiger partial charge in [0.15, 0.2) is 5.65 Å². The molecule has 0 atom stereocenters. The Morgan fingerprint density at radius 3 is 2.51 bits per heavy atom. The molecule has 7 rings (SSSR count). The maximum Gasteiger partial charge on any atom is 0.269 e. The number of piperidine rings is 1. The van der Waals surface area contributed by atoms with E-state index >= 15 is 0 Å². The van der Waals surface area contributed by atoms with Crippen molar-refractivity contribution in [2.45, 2.75) is 67.7 Å². The average molecular weight is 620 g/mol. The van der Waals surface area contributed by atoms with Crippen molar-refractivity contribution < 1.29 is 13.2 Å². The Balaban J connectivity index is 1.22. The molecule has 0 N–H and O–H groups in total. The number of fused-ring (bicyclic) bond motifs is 1. The highest BCUT2D eigenvalue weighted by Crippen LogP contribution is 2.40. The van der Waals surface area contributed by atoms with Crippen LogP contribution in [-0.4, -0.2) is 84.6 Å². The Labute approximate surface area is 258 Å². The number of pyridine rings is 1. The van der Waals surface area contributed by atoms with Crippen LogP contribution in [0.4, 0.5) is 0 Å². The Morgan fingerprint density at radius 2 is 1.72 bits per heavy atom. The Hall–Kier alpha value is -2.63. The van der Waals surface area contributed by atoms with Gasteiger partial charge < -0.3 is 9.64 Å². The van der Waals surface area contributed by atoms with Crippen LogP contribution in [0.5, 0.6) is 0 Å². The van der Waals surface area contributed by atoms with E-state index in [1.165, 1.54) is 22.4 Å². The van der Waals surface area contributed by atoms with Gasteiger partial charge in [0.05, 0.1) is 22.2 Å². The van der Waals surface area contributed by atoms with Crippen LogP contribution in [0.15, 0.2) is 59.1 Å². The molecule has 10 heteroatoms. The van der Waals surface area contributed by atoms with E-state index < -0.39 is 10.0 Å². The third-order valence-electron chi connectivity index (χ3n) is 9.74. The molecule has 1 saturated carbocycles. The molecule has 3 aromatic heterocycles. The number of hydrogen-bond acceptors (Lipinski definition) is 8. The van der Waals surface area contributed by atoms with E-state index in [-0.39, 0.29) is 4.90 Å². The molecule has 3 fully saturated rings. The summed E-state index contributed by atoms with van der Waals surface area (Å²) in [7, 11) is -1.65. The van der Waals surface area contributed by atoms with Gasteiger partial charge in [-0.15, -0.1) is 11.3 Å². The van der Waals surface area contributed by atoms with Crippen LogP contribution in [0.2, 0.25) is 0 Å². The Morgan fingerprint density at radius 1 is 0.930 bits per heavy atom. The quantitative estimate of drug-likeness (QED) is 0.264. The number of benzene rings is 1. The molecule has 228 valence electrons. The third-order valence-corrected chi connectivity index (χ3v) is 12.4. The largest absolute Gasteiger partial charge is 0.380 e. The number of ether oxygens (including phenoxy) is 1. The molecule has 0 amide bonds. The molecule has 1 aliphatic carbocycles. The highest BCUT2D eigenvalue weighted by atomic mass is 32.2. The summed E-state index contributed by atoms with van der Waals surface area (Å²) in [5, 5.41) is 4.12. The zero-order valence-electron chi connectivity index (χ0n) is 24.9. The second-order valence-electron chi connectivity index (χ2n) is 12.5. The van der Waals surface area contributed by atoms with E-state index in [4.69, 9.17) is 14.7 Å². The fourth-order valence-electron chi connectivity index (χ4n) is 7.17. The molecule has 0 spiro atoms. The molecular weight excluding hydrogens is 579 g/mol. The molecule has 0 bridgehead atoms. The van der Waals surface area contributed by atoms with Crippen LogP contribution >= 0.6 is 11.3 Å². The van der Waals surface area contributed by atoms with Crippen molar-refractivity contribution in [1.82, 2.24) is 23.7 Å². The predicted octanol–water partition coefficient (Wildman–Crippen LogP) is 5.95. The van der Waals surface area contributed by atoms with Crippen molar-refractivity contribution >= 4 is 32.4 Å². The van der Waals surface area contributed by atoms with Crippen LogP contribution in [0.3, 0.4) is 0 Å². The van der Waals surface area contributed by atoms with Gasteiger partial charge in [0.25, 0.3) is 10.0 Å². The fraction of sp³-hybridized carbons (Fsp3) is 0.515. The van der Waals surface area contributed by atoms with Crippen LogP contribution < -0.4 is 0 Å². The van der Waals surface area contributed by atoms with Gasteiger partial charge in [-0.25, -0.2) is 22.4 Å². The van der Waals surface area contributed by atoms with Crippen molar-refractivity contribution in [1.29, 1.82) is 0 Å². The molecule has 0 unspecified atom stereocenters. The van der Waals surface area contributed by atoms with Gasteiger partial charge >= 0.3 is 0 Å². The third kappa shape index (κ3) is 5.92. The van der Waals surface area contributed by atoms with Gasteiger partial charge in [0.2, 0.25) is 0 Å². The summed E-state index contributed by atoms with van der Waals surface area (Å²) in [5.41, 5.74) is 3.36. The summed E-state index contributed by atoms with van der Waals surface area (Å²) in [6.45, 7) is 6.02. The first-order chi connectivity index (χ1) is 21.0. The molecule has 0 radical (unpaired) electrons. The number of rotatable bonds is 6. The fourth-order valence-corrected chi connectivity index (χ4v) is 9.51. The SMILES string of the molecule is CN1CCC(c2nc(-c3cn(S(=O)(=O)c4ccccc4)c4ncc(C5CCC(N6CCCOCC6)CC5)cc34)cs2)CC1. The van der Waals surface area contributed by atoms with Crippen LogP contribution in [0.1, 0.15) is 67.4 Å². The van der Waals surface area contributed by atoms with Crippen molar-refractivity contribution in [2.75, 3.05) is 46.4 Å². The summed E-state index contributed by atoms with van der Waals surface area (Å²) in [6, 6.07) is 11.5. The standard InChI is InChI=1S/C33H41N5O3S2/c1-36-15-12-25(13-16-36)33-35-31(23-42-33)30-22-38(43(39,40)28-6-3-2-4-7-28)32-29(30)20-26(21-34-32)24-8-10-27(11-9-24)37-14-5-18-41-19-17-37/h2-4,6-7,20-25,27H,5,8-19H2,1H3.